The first kappa shape index (κ1) is 16.9. The van der Waals surface area contributed by atoms with Gasteiger partial charge in [0, 0.05) is 0 Å². The number of H-pyrrole nitrogens is 1. The largest absolute Gasteiger partial charge is 0.394 e. The van der Waals surface area contributed by atoms with E-state index in [1.54, 1.807) is 0 Å². The van der Waals surface area contributed by atoms with Crippen LogP contribution >= 0.6 is 0 Å². The van der Waals surface area contributed by atoms with E-state index in [0.29, 0.717) is 0 Å². The molecule has 1 aliphatic rings. The highest BCUT2D eigenvalue weighted by atomic mass is 16.6. The van der Waals surface area contributed by atoms with Crippen molar-refractivity contribution in [3.63, 3.8) is 0 Å². The molecule has 0 aliphatic carbocycles. The van der Waals surface area contributed by atoms with Crippen molar-refractivity contribution in [1.29, 1.82) is 0 Å². The van der Waals surface area contributed by atoms with Crippen molar-refractivity contribution in [3.05, 3.63) is 58.9 Å². The highest BCUT2D eigenvalue weighted by Gasteiger charge is 2.45. The van der Waals surface area contributed by atoms with Crippen LogP contribution in [-0.4, -0.2) is 54.7 Å². The first-order valence-electron chi connectivity index (χ1n) is 8.19. The van der Waals surface area contributed by atoms with Crippen LogP contribution in [0.25, 0.3) is 11.2 Å². The first-order chi connectivity index (χ1) is 12.7. The van der Waals surface area contributed by atoms with Gasteiger partial charge in [-0.15, -0.1) is 0 Å². The number of aliphatic hydroxyl groups is 2. The van der Waals surface area contributed by atoms with Crippen molar-refractivity contribution >= 4 is 11.2 Å². The smallest absolute Gasteiger partial charge is 0.278 e. The van der Waals surface area contributed by atoms with Crippen molar-refractivity contribution in [2.24, 2.45) is 0 Å². The van der Waals surface area contributed by atoms with Gasteiger partial charge < -0.3 is 24.7 Å². The lowest BCUT2D eigenvalue weighted by molar-refractivity contribution is -0.0650. The van der Waals surface area contributed by atoms with E-state index in [9.17, 15) is 15.0 Å². The lowest BCUT2D eigenvalue weighted by Crippen LogP contribution is -2.36. The molecule has 1 aromatic carbocycles. The highest BCUT2D eigenvalue weighted by Crippen LogP contribution is 2.33. The summed E-state index contributed by atoms with van der Waals surface area (Å²) in [5.41, 5.74) is 1.01. The Balaban J connectivity index is 1.58. The molecule has 4 rings (SSSR count). The number of aliphatic hydroxyl groups excluding tert-OH is 2. The fraction of sp³-hybridized carbons (Fsp3) is 0.353. The number of ether oxygens (including phenoxy) is 2. The number of nitrogens with one attached hydrogen (secondary N) is 1. The number of benzene rings is 1. The van der Waals surface area contributed by atoms with E-state index >= 15 is 0 Å². The normalized spacial score (nSPS) is 25.8. The average molecular weight is 358 g/mol. The molecule has 0 amide bonds. The highest BCUT2D eigenvalue weighted by molar-refractivity contribution is 5.68. The molecule has 1 fully saturated rings. The van der Waals surface area contributed by atoms with Gasteiger partial charge in [0.05, 0.1) is 25.9 Å². The Morgan fingerprint density at radius 2 is 2.08 bits per heavy atom. The molecule has 4 atom stereocenters. The third kappa shape index (κ3) is 2.90. The molecule has 3 aromatic rings. The van der Waals surface area contributed by atoms with Crippen LogP contribution in [0.5, 0.6) is 0 Å². The molecule has 2 aromatic heterocycles. The quantitative estimate of drug-likeness (QED) is 0.585. The van der Waals surface area contributed by atoms with Crippen molar-refractivity contribution in [2.45, 2.75) is 31.1 Å². The van der Waals surface area contributed by atoms with E-state index in [-0.39, 0.29) is 29.9 Å². The molecule has 26 heavy (non-hydrogen) atoms. The zero-order valence-corrected chi connectivity index (χ0v) is 13.7. The average Bonchev–Trinajstić information content (AvgIpc) is 3.22. The fourth-order valence-corrected chi connectivity index (χ4v) is 3.12. The minimum atomic E-state index is -1.06. The number of imidazole rings is 1. The van der Waals surface area contributed by atoms with Gasteiger partial charge in [-0.25, -0.2) is 9.97 Å². The summed E-state index contributed by atoms with van der Waals surface area (Å²) in [5, 5.41) is 20.3. The van der Waals surface area contributed by atoms with Crippen LogP contribution in [0.3, 0.4) is 0 Å². The number of hydrogen-bond donors (Lipinski definition) is 3. The van der Waals surface area contributed by atoms with Gasteiger partial charge in [0.25, 0.3) is 5.56 Å². The van der Waals surface area contributed by atoms with E-state index in [1.165, 1.54) is 17.2 Å². The summed E-state index contributed by atoms with van der Waals surface area (Å²) < 4.78 is 13.0. The predicted octanol–water partition coefficient (Wildman–Crippen LogP) is -0.0444. The molecule has 1 aliphatic heterocycles. The van der Waals surface area contributed by atoms with Gasteiger partial charge in [-0.3, -0.25) is 9.36 Å². The van der Waals surface area contributed by atoms with Gasteiger partial charge in [0.2, 0.25) is 0 Å². The maximum absolute atomic E-state index is 11.8. The van der Waals surface area contributed by atoms with Crippen molar-refractivity contribution in [1.82, 2.24) is 19.5 Å². The summed E-state index contributed by atoms with van der Waals surface area (Å²) in [5.74, 6) is 0. The summed E-state index contributed by atoms with van der Waals surface area (Å²) in [7, 11) is 0. The first-order valence-corrected chi connectivity index (χ1v) is 8.19. The second-order valence-corrected chi connectivity index (χ2v) is 6.06. The third-order valence-corrected chi connectivity index (χ3v) is 4.41. The van der Waals surface area contributed by atoms with Gasteiger partial charge in [-0.1, -0.05) is 30.3 Å². The molecule has 9 nitrogen and oxygen atoms in total. The minimum Gasteiger partial charge on any atom is -0.394 e. The van der Waals surface area contributed by atoms with Crippen LogP contribution in [0, 0.1) is 0 Å². The number of hydrogen-bond acceptors (Lipinski definition) is 7. The Labute approximate surface area is 147 Å². The molecular formula is C17H18N4O5. The zero-order chi connectivity index (χ0) is 18.1. The Hall–Kier alpha value is -2.59. The number of fused-ring (bicyclic) bond motifs is 1. The second kappa shape index (κ2) is 6.96. The molecule has 0 bridgehead atoms. The predicted molar refractivity (Wildman–Crippen MR) is 90.2 cm³/mol. The lowest BCUT2D eigenvalue weighted by Gasteiger charge is -2.20. The van der Waals surface area contributed by atoms with Gasteiger partial charge in [0.1, 0.15) is 18.3 Å². The molecule has 0 unspecified atom stereocenters. The third-order valence-electron chi connectivity index (χ3n) is 4.41. The molecule has 1 saturated heterocycles. The van der Waals surface area contributed by atoms with Gasteiger partial charge in [-0.2, -0.15) is 0 Å². The summed E-state index contributed by atoms with van der Waals surface area (Å²) in [6.07, 6.45) is -0.726. The summed E-state index contributed by atoms with van der Waals surface area (Å²) in [6, 6.07) is 9.52. The number of nitrogens with zero attached hydrogens (tertiary/aromatic N) is 3. The number of aromatic amines is 1. The van der Waals surface area contributed by atoms with Crippen LogP contribution in [0.1, 0.15) is 11.8 Å². The lowest BCUT2D eigenvalue weighted by atomic mass is 10.1. The summed E-state index contributed by atoms with van der Waals surface area (Å²) in [6.45, 7) is -0.0363. The molecule has 0 saturated carbocycles. The number of aromatic nitrogens is 4. The topological polar surface area (TPSA) is 122 Å². The van der Waals surface area contributed by atoms with E-state index in [2.05, 4.69) is 15.0 Å². The molecule has 3 N–H and O–H groups in total. The standard InChI is InChI=1S/C17H18N4O5/c22-6-11-14(25-7-10-4-2-1-3-5-10)13(23)17(26-11)21-9-20-12-15(21)18-8-19-16(12)24/h1-5,8-9,11,13-14,17,22-23H,6-7H2,(H,18,19,24)/t11-,13-,14-,17-/m1/s1. The number of rotatable bonds is 5. The Bertz CT molecular complexity index is 941. The van der Waals surface area contributed by atoms with Crippen LogP contribution in [0.15, 0.2) is 47.8 Å². The van der Waals surface area contributed by atoms with Crippen LogP contribution < -0.4 is 5.56 Å². The zero-order valence-electron chi connectivity index (χ0n) is 13.7. The Morgan fingerprint density at radius 3 is 2.85 bits per heavy atom. The minimum absolute atomic E-state index is 0.150. The summed E-state index contributed by atoms with van der Waals surface area (Å²) >= 11 is 0. The van der Waals surface area contributed by atoms with Gasteiger partial charge in [-0.05, 0) is 5.56 Å². The van der Waals surface area contributed by atoms with Crippen LogP contribution in [-0.2, 0) is 16.1 Å². The van der Waals surface area contributed by atoms with Gasteiger partial charge >= 0.3 is 0 Å². The molecule has 0 radical (unpaired) electrons. The summed E-state index contributed by atoms with van der Waals surface area (Å²) in [4.78, 5) is 22.4. The molecule has 136 valence electrons. The molecular weight excluding hydrogens is 340 g/mol. The molecule has 3 heterocycles. The molecule has 9 heteroatoms. The van der Waals surface area contributed by atoms with E-state index in [0.717, 1.165) is 5.56 Å². The van der Waals surface area contributed by atoms with E-state index in [4.69, 9.17) is 9.47 Å². The fourth-order valence-electron chi connectivity index (χ4n) is 3.12. The maximum Gasteiger partial charge on any atom is 0.278 e. The van der Waals surface area contributed by atoms with Crippen molar-refractivity contribution in [2.75, 3.05) is 6.61 Å². The van der Waals surface area contributed by atoms with Crippen LogP contribution in [0.4, 0.5) is 0 Å². The van der Waals surface area contributed by atoms with Crippen molar-refractivity contribution < 1.29 is 19.7 Å². The monoisotopic (exact) mass is 358 g/mol. The van der Waals surface area contributed by atoms with Crippen LogP contribution in [0.2, 0.25) is 0 Å². The van der Waals surface area contributed by atoms with Crippen molar-refractivity contribution in [3.8, 4) is 0 Å². The SMILES string of the molecule is O=c1[nH]cnc2c1ncn2[C@@H]1O[C@H](CO)[C@@H](OCc2ccccc2)[C@H]1O. The maximum atomic E-state index is 11.8. The van der Waals surface area contributed by atoms with E-state index < -0.39 is 24.5 Å². The molecule has 0 spiro atoms. The second-order valence-electron chi connectivity index (χ2n) is 6.06. The Morgan fingerprint density at radius 1 is 1.27 bits per heavy atom. The van der Waals surface area contributed by atoms with Gasteiger partial charge in [0.15, 0.2) is 17.4 Å². The Kier molecular flexibility index (Phi) is 4.51. The van der Waals surface area contributed by atoms with E-state index in [1.807, 2.05) is 30.3 Å².